The minimum atomic E-state index is 0.512. The quantitative estimate of drug-likeness (QED) is 0.850. The highest BCUT2D eigenvalue weighted by Gasteiger charge is 2.02. The molecule has 90 valence electrons. The van der Waals surface area contributed by atoms with Gasteiger partial charge in [-0.15, -0.1) is 0 Å². The summed E-state index contributed by atoms with van der Waals surface area (Å²) in [4.78, 5) is 4.06. The van der Waals surface area contributed by atoms with E-state index in [9.17, 15) is 0 Å². The van der Waals surface area contributed by atoms with E-state index in [2.05, 4.69) is 48.4 Å². The Morgan fingerprint density at radius 3 is 3.00 bits per heavy atom. The smallest absolute Gasteiger partial charge is 0.0991 e. The number of nitrogens with one attached hydrogen (secondary N) is 1. The third-order valence-corrected chi connectivity index (χ3v) is 2.78. The van der Waals surface area contributed by atoms with Crippen molar-refractivity contribution in [3.8, 4) is 5.69 Å². The van der Waals surface area contributed by atoms with Crippen molar-refractivity contribution in [1.82, 2.24) is 9.55 Å². The number of rotatable bonds is 5. The second-order valence-corrected chi connectivity index (χ2v) is 4.35. The minimum absolute atomic E-state index is 0.512. The Hall–Kier alpha value is -1.77. The molecule has 3 nitrogen and oxygen atoms in total. The molecule has 0 aliphatic carbocycles. The zero-order chi connectivity index (χ0) is 12.1. The van der Waals surface area contributed by atoms with E-state index in [4.69, 9.17) is 0 Å². The predicted octanol–water partition coefficient (Wildman–Crippen LogP) is 3.47. The lowest BCUT2D eigenvalue weighted by Crippen LogP contribution is -2.14. The molecule has 1 heterocycles. The van der Waals surface area contributed by atoms with Crippen LogP contribution in [0.4, 0.5) is 5.69 Å². The Balaban J connectivity index is 2.12. The van der Waals surface area contributed by atoms with Gasteiger partial charge in [-0.25, -0.2) is 4.98 Å². The molecule has 17 heavy (non-hydrogen) atoms. The molecule has 2 rings (SSSR count). The van der Waals surface area contributed by atoms with Crippen LogP contribution >= 0.6 is 0 Å². The van der Waals surface area contributed by atoms with Gasteiger partial charge in [0.25, 0.3) is 0 Å². The van der Waals surface area contributed by atoms with Gasteiger partial charge in [-0.3, -0.25) is 0 Å². The van der Waals surface area contributed by atoms with Crippen LogP contribution in [0.5, 0.6) is 0 Å². The van der Waals surface area contributed by atoms with E-state index >= 15 is 0 Å². The molecule has 0 fully saturated rings. The second kappa shape index (κ2) is 5.53. The Morgan fingerprint density at radius 2 is 2.29 bits per heavy atom. The molecule has 1 aromatic carbocycles. The van der Waals surface area contributed by atoms with Gasteiger partial charge in [0.15, 0.2) is 0 Å². The van der Waals surface area contributed by atoms with Gasteiger partial charge in [0, 0.05) is 29.8 Å². The number of hydrogen-bond donors (Lipinski definition) is 1. The first-order chi connectivity index (χ1) is 8.29. The first kappa shape index (κ1) is 11.7. The zero-order valence-corrected chi connectivity index (χ0v) is 10.4. The van der Waals surface area contributed by atoms with Gasteiger partial charge in [0.05, 0.1) is 6.33 Å². The molecule has 0 spiro atoms. The molecule has 1 atom stereocenters. The van der Waals surface area contributed by atoms with Crippen LogP contribution in [0.1, 0.15) is 26.7 Å². The van der Waals surface area contributed by atoms with Gasteiger partial charge >= 0.3 is 0 Å². The lowest BCUT2D eigenvalue weighted by molar-refractivity contribution is 0.690. The van der Waals surface area contributed by atoms with Crippen molar-refractivity contribution in [2.75, 3.05) is 5.32 Å². The lowest BCUT2D eigenvalue weighted by atomic mass is 10.2. The molecular formula is C14H19N3. The number of imidazole rings is 1. The fraction of sp³-hybridized carbons (Fsp3) is 0.357. The van der Waals surface area contributed by atoms with Crippen molar-refractivity contribution in [2.24, 2.45) is 0 Å². The Bertz CT molecular complexity index is 448. The molecule has 0 amide bonds. The maximum atomic E-state index is 4.06. The van der Waals surface area contributed by atoms with Gasteiger partial charge < -0.3 is 9.88 Å². The largest absolute Gasteiger partial charge is 0.383 e. The van der Waals surface area contributed by atoms with Crippen LogP contribution in [0.3, 0.4) is 0 Å². The van der Waals surface area contributed by atoms with Crippen LogP contribution in [0.15, 0.2) is 43.0 Å². The fourth-order valence-electron chi connectivity index (χ4n) is 1.96. The highest BCUT2D eigenvalue weighted by molar-refractivity contribution is 5.51. The average molecular weight is 229 g/mol. The lowest BCUT2D eigenvalue weighted by Gasteiger charge is -2.15. The van der Waals surface area contributed by atoms with E-state index in [-0.39, 0.29) is 0 Å². The first-order valence-electron chi connectivity index (χ1n) is 6.14. The molecule has 0 aliphatic rings. The zero-order valence-electron chi connectivity index (χ0n) is 10.4. The normalized spacial score (nSPS) is 12.4. The maximum absolute atomic E-state index is 4.06. The molecule has 0 saturated heterocycles. The number of aromatic nitrogens is 2. The van der Waals surface area contributed by atoms with E-state index in [1.165, 1.54) is 12.8 Å². The third kappa shape index (κ3) is 3.09. The van der Waals surface area contributed by atoms with E-state index in [1.807, 2.05) is 17.1 Å². The first-order valence-corrected chi connectivity index (χ1v) is 6.14. The molecule has 1 aromatic heterocycles. The minimum Gasteiger partial charge on any atom is -0.383 e. The fourth-order valence-corrected chi connectivity index (χ4v) is 1.96. The van der Waals surface area contributed by atoms with Gasteiger partial charge in [0.2, 0.25) is 0 Å². The van der Waals surface area contributed by atoms with Gasteiger partial charge in [0.1, 0.15) is 0 Å². The third-order valence-electron chi connectivity index (χ3n) is 2.78. The van der Waals surface area contributed by atoms with Crippen LogP contribution in [-0.4, -0.2) is 15.6 Å². The summed E-state index contributed by atoms with van der Waals surface area (Å²) >= 11 is 0. The van der Waals surface area contributed by atoms with Crippen molar-refractivity contribution < 1.29 is 0 Å². The van der Waals surface area contributed by atoms with Gasteiger partial charge in [-0.1, -0.05) is 19.4 Å². The van der Waals surface area contributed by atoms with E-state index in [0.717, 1.165) is 11.4 Å². The molecule has 1 unspecified atom stereocenters. The van der Waals surface area contributed by atoms with Crippen molar-refractivity contribution in [1.29, 1.82) is 0 Å². The Kier molecular flexibility index (Phi) is 3.81. The van der Waals surface area contributed by atoms with Crippen molar-refractivity contribution in [3.05, 3.63) is 43.0 Å². The summed E-state index contributed by atoms with van der Waals surface area (Å²) in [6.45, 7) is 4.42. The maximum Gasteiger partial charge on any atom is 0.0991 e. The van der Waals surface area contributed by atoms with E-state index < -0.39 is 0 Å². The molecular weight excluding hydrogens is 210 g/mol. The summed E-state index contributed by atoms with van der Waals surface area (Å²) in [7, 11) is 0. The Labute approximate surface area is 103 Å². The summed E-state index contributed by atoms with van der Waals surface area (Å²) in [5.74, 6) is 0. The van der Waals surface area contributed by atoms with Crippen molar-refractivity contribution >= 4 is 5.69 Å². The number of benzene rings is 1. The number of hydrogen-bond acceptors (Lipinski definition) is 2. The molecule has 0 radical (unpaired) electrons. The van der Waals surface area contributed by atoms with Gasteiger partial charge in [-0.2, -0.15) is 0 Å². The molecule has 0 saturated carbocycles. The Morgan fingerprint density at radius 1 is 1.41 bits per heavy atom. The van der Waals surface area contributed by atoms with Crippen LogP contribution in [0.25, 0.3) is 5.69 Å². The van der Waals surface area contributed by atoms with Crippen LogP contribution < -0.4 is 5.32 Å². The highest BCUT2D eigenvalue weighted by Crippen LogP contribution is 2.16. The van der Waals surface area contributed by atoms with Crippen LogP contribution in [0, 0.1) is 0 Å². The molecule has 3 heteroatoms. The number of nitrogens with zero attached hydrogens (tertiary/aromatic N) is 2. The molecule has 0 aliphatic heterocycles. The summed E-state index contributed by atoms with van der Waals surface area (Å²) < 4.78 is 2.01. The number of anilines is 1. The standard InChI is InChI=1S/C14H19N3/c1-3-5-12(2)16-13-6-4-7-14(10-13)17-9-8-15-11-17/h4,6-12,16H,3,5H2,1-2H3. The topological polar surface area (TPSA) is 29.9 Å². The summed E-state index contributed by atoms with van der Waals surface area (Å²) in [5.41, 5.74) is 2.30. The molecule has 2 aromatic rings. The van der Waals surface area contributed by atoms with Crippen LogP contribution in [-0.2, 0) is 0 Å². The highest BCUT2D eigenvalue weighted by atomic mass is 15.0. The van der Waals surface area contributed by atoms with Crippen LogP contribution in [0.2, 0.25) is 0 Å². The molecule has 0 bridgehead atoms. The molecule has 1 N–H and O–H groups in total. The van der Waals surface area contributed by atoms with E-state index in [0.29, 0.717) is 6.04 Å². The van der Waals surface area contributed by atoms with Gasteiger partial charge in [-0.05, 0) is 31.5 Å². The summed E-state index contributed by atoms with van der Waals surface area (Å²) in [6, 6.07) is 8.91. The SMILES string of the molecule is CCCC(C)Nc1cccc(-n2ccnc2)c1. The average Bonchev–Trinajstić information content (AvgIpc) is 2.83. The van der Waals surface area contributed by atoms with E-state index in [1.54, 1.807) is 6.20 Å². The summed E-state index contributed by atoms with van der Waals surface area (Å²) in [5, 5.41) is 3.51. The second-order valence-electron chi connectivity index (χ2n) is 4.35. The predicted molar refractivity (Wildman–Crippen MR) is 71.6 cm³/mol. The van der Waals surface area contributed by atoms with Crippen molar-refractivity contribution in [3.63, 3.8) is 0 Å². The summed E-state index contributed by atoms with van der Waals surface area (Å²) in [6.07, 6.45) is 7.95. The monoisotopic (exact) mass is 229 g/mol. The van der Waals surface area contributed by atoms with Crippen molar-refractivity contribution in [2.45, 2.75) is 32.7 Å².